The number of esters is 1. The highest BCUT2D eigenvalue weighted by Gasteiger charge is 2.38. The predicted octanol–water partition coefficient (Wildman–Crippen LogP) is 3.66. The van der Waals surface area contributed by atoms with Crippen LogP contribution in [0.1, 0.15) is 79.6 Å². The molecule has 3 N–H and O–H groups in total. The van der Waals surface area contributed by atoms with E-state index in [2.05, 4.69) is 20.6 Å². The number of rotatable bonds is 11. The Morgan fingerprint density at radius 1 is 1.02 bits per heavy atom. The Bertz CT molecular complexity index is 1490. The van der Waals surface area contributed by atoms with E-state index in [-0.39, 0.29) is 31.3 Å². The maximum absolute atomic E-state index is 13.3. The van der Waals surface area contributed by atoms with E-state index in [1.54, 1.807) is 39.8 Å². The number of nitrogens with zero attached hydrogens (tertiary/aromatic N) is 3. The number of nitrogens with one attached hydrogen (secondary N) is 2. The average Bonchev–Trinajstić information content (AvgIpc) is 3.15. The zero-order valence-electron chi connectivity index (χ0n) is 25.4. The first-order valence-electron chi connectivity index (χ1n) is 14.4. The Kier molecular flexibility index (Phi) is 9.44. The van der Waals surface area contributed by atoms with Crippen LogP contribution < -0.4 is 10.6 Å². The molecule has 11 nitrogen and oxygen atoms in total. The molecule has 1 aliphatic heterocycles. The van der Waals surface area contributed by atoms with Crippen molar-refractivity contribution in [1.82, 2.24) is 25.5 Å². The van der Waals surface area contributed by atoms with Gasteiger partial charge in [0.25, 0.3) is 11.8 Å². The number of amides is 3. The molecule has 228 valence electrons. The lowest BCUT2D eigenvalue weighted by Gasteiger charge is -2.29. The number of aryl methyl sites for hydroxylation is 1. The van der Waals surface area contributed by atoms with Crippen molar-refractivity contribution >= 4 is 34.5 Å². The van der Waals surface area contributed by atoms with E-state index in [4.69, 9.17) is 4.74 Å². The molecule has 1 aliphatic rings. The first kappa shape index (κ1) is 31.6. The minimum atomic E-state index is -0.992. The molecule has 3 aromatic rings. The molecule has 2 atom stereocenters. The fourth-order valence-corrected chi connectivity index (χ4v) is 4.96. The van der Waals surface area contributed by atoms with Gasteiger partial charge in [0.05, 0.1) is 22.7 Å². The largest absolute Gasteiger partial charge is 0.493 e. The Balaban J connectivity index is 1.52. The van der Waals surface area contributed by atoms with Gasteiger partial charge in [-0.2, -0.15) is 4.98 Å². The molecule has 0 saturated carbocycles. The van der Waals surface area contributed by atoms with Crippen LogP contribution in [0.25, 0.3) is 10.8 Å². The van der Waals surface area contributed by atoms with Gasteiger partial charge < -0.3 is 15.2 Å². The number of aromatic nitrogens is 2. The number of fused-ring (bicyclic) bond motifs is 2. The molecule has 2 heterocycles. The second-order valence-corrected chi connectivity index (χ2v) is 12.2. The van der Waals surface area contributed by atoms with E-state index < -0.39 is 41.4 Å². The smallest absolute Gasteiger partial charge is 0.323 e. The molecule has 2 aromatic carbocycles. The maximum Gasteiger partial charge on any atom is 0.323 e. The zero-order chi connectivity index (χ0) is 31.5. The molecule has 11 heteroatoms. The van der Waals surface area contributed by atoms with Crippen molar-refractivity contribution in [2.75, 3.05) is 6.54 Å². The second-order valence-electron chi connectivity index (χ2n) is 12.2. The van der Waals surface area contributed by atoms with E-state index in [1.807, 2.05) is 38.1 Å². The SMILES string of the molecule is Cc1ncc(CNC(=O)[C@H](CC(C)C)N[C@H](CCN2C(=O)c3cc4ccccc4cc3C2=O)C(=O)OC(C)(C)C)c(O)n1. The van der Waals surface area contributed by atoms with Crippen LogP contribution in [0, 0.1) is 12.8 Å². The molecule has 0 spiro atoms. The Morgan fingerprint density at radius 2 is 1.63 bits per heavy atom. The van der Waals surface area contributed by atoms with Crippen LogP contribution >= 0.6 is 0 Å². The van der Waals surface area contributed by atoms with Gasteiger partial charge in [-0.3, -0.25) is 29.4 Å². The van der Waals surface area contributed by atoms with Crippen LogP contribution in [0.5, 0.6) is 5.88 Å². The molecular weight excluding hydrogens is 550 g/mol. The zero-order valence-corrected chi connectivity index (χ0v) is 25.4. The lowest BCUT2D eigenvalue weighted by atomic mass is 10.0. The van der Waals surface area contributed by atoms with Crippen LogP contribution in [-0.2, 0) is 20.9 Å². The molecule has 1 aromatic heterocycles. The predicted molar refractivity (Wildman–Crippen MR) is 160 cm³/mol. The van der Waals surface area contributed by atoms with Crippen LogP contribution in [0.3, 0.4) is 0 Å². The van der Waals surface area contributed by atoms with Crippen molar-refractivity contribution in [2.24, 2.45) is 5.92 Å². The Hall–Kier alpha value is -4.38. The summed E-state index contributed by atoms with van der Waals surface area (Å²) in [5.41, 5.74) is 0.201. The lowest BCUT2D eigenvalue weighted by molar-refractivity contribution is -0.158. The molecule has 0 unspecified atom stereocenters. The summed E-state index contributed by atoms with van der Waals surface area (Å²) in [6, 6.07) is 9.13. The van der Waals surface area contributed by atoms with Gasteiger partial charge in [-0.25, -0.2) is 4.98 Å². The number of imide groups is 1. The summed E-state index contributed by atoms with van der Waals surface area (Å²) >= 11 is 0. The molecular formula is C32H39N5O6. The normalized spacial score (nSPS) is 14.6. The first-order valence-corrected chi connectivity index (χ1v) is 14.4. The van der Waals surface area contributed by atoms with Crippen LogP contribution in [0.4, 0.5) is 0 Å². The van der Waals surface area contributed by atoms with Gasteiger partial charge in [0.1, 0.15) is 17.5 Å². The van der Waals surface area contributed by atoms with E-state index in [1.165, 1.54) is 6.20 Å². The number of benzene rings is 2. The van der Waals surface area contributed by atoms with Gasteiger partial charge >= 0.3 is 5.97 Å². The van der Waals surface area contributed by atoms with E-state index in [0.29, 0.717) is 28.9 Å². The molecule has 3 amide bonds. The third kappa shape index (κ3) is 7.72. The summed E-state index contributed by atoms with van der Waals surface area (Å²) in [4.78, 5) is 62.4. The standard InChI is InChI=1S/C32H39N5O6/c1-18(2)13-26(28(39)34-17-22-16-33-19(3)35-27(22)38)36-25(31(42)43-32(4,5)6)11-12-37-29(40)23-14-20-9-7-8-10-21(20)15-24(23)30(37)41/h7-10,14-16,18,25-26,36H,11-13,17H2,1-6H3,(H,34,39)(H,33,35,38)/t25-,26+/m1/s1. The highest BCUT2D eigenvalue weighted by molar-refractivity contribution is 6.23. The third-order valence-electron chi connectivity index (χ3n) is 7.01. The third-order valence-corrected chi connectivity index (χ3v) is 7.01. The van der Waals surface area contributed by atoms with Crippen LogP contribution in [0.2, 0.25) is 0 Å². The molecule has 0 bridgehead atoms. The fourth-order valence-electron chi connectivity index (χ4n) is 4.96. The van der Waals surface area contributed by atoms with Gasteiger partial charge in [-0.05, 0) is 69.4 Å². The van der Waals surface area contributed by atoms with Crippen molar-refractivity contribution < 1.29 is 29.0 Å². The van der Waals surface area contributed by atoms with E-state index >= 15 is 0 Å². The van der Waals surface area contributed by atoms with Crippen LogP contribution in [-0.4, -0.2) is 67.9 Å². The summed E-state index contributed by atoms with van der Waals surface area (Å²) < 4.78 is 5.65. The molecule has 0 fully saturated rings. The van der Waals surface area contributed by atoms with E-state index in [9.17, 15) is 24.3 Å². The summed E-state index contributed by atoms with van der Waals surface area (Å²) in [6.45, 7) is 10.7. The minimum Gasteiger partial charge on any atom is -0.493 e. The quantitative estimate of drug-likeness (QED) is 0.225. The number of carbonyl (C=O) groups is 4. The number of aromatic hydroxyl groups is 1. The summed E-state index contributed by atoms with van der Waals surface area (Å²) in [5.74, 6) is -1.57. The van der Waals surface area contributed by atoms with Crippen molar-refractivity contribution in [3.8, 4) is 5.88 Å². The first-order chi connectivity index (χ1) is 20.2. The molecule has 0 saturated heterocycles. The van der Waals surface area contributed by atoms with Gasteiger partial charge in [0.15, 0.2) is 0 Å². The second kappa shape index (κ2) is 12.9. The van der Waals surface area contributed by atoms with Crippen LogP contribution in [0.15, 0.2) is 42.6 Å². The Morgan fingerprint density at radius 3 is 2.16 bits per heavy atom. The number of hydrogen-bond acceptors (Lipinski definition) is 9. The lowest BCUT2D eigenvalue weighted by Crippen LogP contribution is -2.53. The van der Waals surface area contributed by atoms with Gasteiger partial charge in [0.2, 0.25) is 11.8 Å². The fraction of sp³-hybridized carbons (Fsp3) is 0.438. The summed E-state index contributed by atoms with van der Waals surface area (Å²) in [5, 5.41) is 17.7. The van der Waals surface area contributed by atoms with Gasteiger partial charge in [-0.15, -0.1) is 0 Å². The number of hydrogen-bond donors (Lipinski definition) is 3. The summed E-state index contributed by atoms with van der Waals surface area (Å²) in [6.07, 6.45) is 1.87. The van der Waals surface area contributed by atoms with Crippen molar-refractivity contribution in [3.05, 3.63) is 65.1 Å². The summed E-state index contributed by atoms with van der Waals surface area (Å²) in [7, 11) is 0. The Labute approximate surface area is 251 Å². The van der Waals surface area contributed by atoms with Gasteiger partial charge in [-0.1, -0.05) is 38.1 Å². The highest BCUT2D eigenvalue weighted by Crippen LogP contribution is 2.28. The number of ether oxygens (including phenoxy) is 1. The van der Waals surface area contributed by atoms with Gasteiger partial charge in [0, 0.05) is 19.3 Å². The molecule has 0 radical (unpaired) electrons. The van der Waals surface area contributed by atoms with Crippen molar-refractivity contribution in [2.45, 2.75) is 78.6 Å². The van der Waals surface area contributed by atoms with Crippen molar-refractivity contribution in [1.29, 1.82) is 0 Å². The molecule has 43 heavy (non-hydrogen) atoms. The molecule has 4 rings (SSSR count). The topological polar surface area (TPSA) is 151 Å². The minimum absolute atomic E-state index is 0.0122. The highest BCUT2D eigenvalue weighted by atomic mass is 16.6. The number of carbonyl (C=O) groups excluding carboxylic acids is 4. The van der Waals surface area contributed by atoms with E-state index in [0.717, 1.165) is 15.7 Å². The van der Waals surface area contributed by atoms with Crippen molar-refractivity contribution in [3.63, 3.8) is 0 Å². The monoisotopic (exact) mass is 589 g/mol. The average molecular weight is 590 g/mol. The maximum atomic E-state index is 13.3. The molecule has 0 aliphatic carbocycles.